The molecule has 9 heteroatoms. The Morgan fingerprint density at radius 2 is 2.09 bits per heavy atom. The van der Waals surface area contributed by atoms with Gasteiger partial charge in [0, 0.05) is 23.0 Å². The third-order valence-electron chi connectivity index (χ3n) is 2.68. The molecule has 0 bridgehead atoms. The molecule has 0 aliphatic carbocycles. The zero-order valence-corrected chi connectivity index (χ0v) is 10.9. The molecule has 0 amide bonds. The standard InChI is InChI=1S/C13H8F3N5O/c14-13(15,16)8-5-10(20-21-17)12(19-7-8)11(22)6-9-3-1-2-4-18-9/h1-5,7H,6H2. The molecular weight excluding hydrogens is 299 g/mol. The summed E-state index contributed by atoms with van der Waals surface area (Å²) in [5.41, 5.74) is 6.99. The fourth-order valence-electron chi connectivity index (χ4n) is 1.70. The van der Waals surface area contributed by atoms with Crippen molar-refractivity contribution in [2.75, 3.05) is 0 Å². The van der Waals surface area contributed by atoms with E-state index in [4.69, 9.17) is 5.53 Å². The number of rotatable bonds is 4. The molecular formula is C13H8F3N5O. The van der Waals surface area contributed by atoms with Crippen molar-refractivity contribution in [2.24, 2.45) is 5.11 Å². The van der Waals surface area contributed by atoms with Gasteiger partial charge in [0.05, 0.1) is 17.7 Å². The van der Waals surface area contributed by atoms with E-state index in [9.17, 15) is 18.0 Å². The van der Waals surface area contributed by atoms with E-state index in [-0.39, 0.29) is 12.1 Å². The van der Waals surface area contributed by atoms with Crippen LogP contribution in [-0.4, -0.2) is 15.8 Å². The van der Waals surface area contributed by atoms with E-state index in [1.165, 1.54) is 6.20 Å². The Morgan fingerprint density at radius 1 is 1.32 bits per heavy atom. The van der Waals surface area contributed by atoms with Crippen LogP contribution in [0.1, 0.15) is 21.7 Å². The van der Waals surface area contributed by atoms with Crippen molar-refractivity contribution in [2.45, 2.75) is 12.6 Å². The number of carbonyl (C=O) groups is 1. The summed E-state index contributed by atoms with van der Waals surface area (Å²) in [5.74, 6) is -0.588. The molecule has 0 fully saturated rings. The van der Waals surface area contributed by atoms with Crippen LogP contribution in [0.5, 0.6) is 0 Å². The van der Waals surface area contributed by atoms with Crippen molar-refractivity contribution in [1.82, 2.24) is 9.97 Å². The second-order valence-electron chi connectivity index (χ2n) is 4.20. The third kappa shape index (κ3) is 3.58. The summed E-state index contributed by atoms with van der Waals surface area (Å²) >= 11 is 0. The summed E-state index contributed by atoms with van der Waals surface area (Å²) in [7, 11) is 0. The van der Waals surface area contributed by atoms with Gasteiger partial charge in [0.2, 0.25) is 0 Å². The molecule has 0 aliphatic rings. The van der Waals surface area contributed by atoms with Crippen LogP contribution >= 0.6 is 0 Å². The van der Waals surface area contributed by atoms with Gasteiger partial charge in [-0.2, -0.15) is 13.2 Å². The lowest BCUT2D eigenvalue weighted by atomic mass is 10.1. The average molecular weight is 307 g/mol. The normalized spacial score (nSPS) is 10.9. The number of nitrogens with zero attached hydrogens (tertiary/aromatic N) is 5. The van der Waals surface area contributed by atoms with Crippen LogP contribution in [0.25, 0.3) is 10.4 Å². The van der Waals surface area contributed by atoms with Crippen LogP contribution in [0.4, 0.5) is 18.9 Å². The van der Waals surface area contributed by atoms with Gasteiger partial charge in [0.1, 0.15) is 5.69 Å². The molecule has 112 valence electrons. The Labute approximate surface area is 122 Å². The highest BCUT2D eigenvalue weighted by molar-refractivity contribution is 5.99. The van der Waals surface area contributed by atoms with Crippen molar-refractivity contribution < 1.29 is 18.0 Å². The predicted octanol–water partition coefficient (Wildman–Crippen LogP) is 3.86. The number of azide groups is 1. The maximum Gasteiger partial charge on any atom is 0.417 e. The Bertz CT molecular complexity index is 739. The Morgan fingerprint density at radius 3 is 2.68 bits per heavy atom. The second kappa shape index (κ2) is 6.23. The first kappa shape index (κ1) is 15.5. The van der Waals surface area contributed by atoms with E-state index < -0.39 is 23.2 Å². The van der Waals surface area contributed by atoms with Gasteiger partial charge >= 0.3 is 6.18 Å². The van der Waals surface area contributed by atoms with Gasteiger partial charge in [0.15, 0.2) is 5.78 Å². The molecule has 2 heterocycles. The lowest BCUT2D eigenvalue weighted by molar-refractivity contribution is -0.137. The minimum absolute atomic E-state index is 0.160. The zero-order chi connectivity index (χ0) is 16.2. The first-order valence-electron chi connectivity index (χ1n) is 5.97. The number of hydrogen-bond donors (Lipinski definition) is 0. The number of hydrogen-bond acceptors (Lipinski definition) is 4. The summed E-state index contributed by atoms with van der Waals surface area (Å²) in [4.78, 5) is 22.0. The second-order valence-corrected chi connectivity index (χ2v) is 4.20. The van der Waals surface area contributed by atoms with Crippen molar-refractivity contribution in [3.05, 3.63) is 64.1 Å². The molecule has 2 rings (SSSR count). The molecule has 0 aliphatic heterocycles. The molecule has 0 atom stereocenters. The first-order chi connectivity index (χ1) is 10.4. The fourth-order valence-corrected chi connectivity index (χ4v) is 1.70. The van der Waals surface area contributed by atoms with Crippen LogP contribution in [-0.2, 0) is 12.6 Å². The minimum atomic E-state index is -4.64. The Hall–Kier alpha value is -2.93. The summed E-state index contributed by atoms with van der Waals surface area (Å²) in [6.07, 6.45) is -2.79. The summed E-state index contributed by atoms with van der Waals surface area (Å²) in [6.45, 7) is 0. The van der Waals surface area contributed by atoms with Crippen LogP contribution in [0.3, 0.4) is 0 Å². The van der Waals surface area contributed by atoms with Gasteiger partial charge in [-0.1, -0.05) is 11.2 Å². The Balaban J connectivity index is 2.37. The van der Waals surface area contributed by atoms with Crippen LogP contribution in [0, 0.1) is 0 Å². The Kier molecular flexibility index (Phi) is 4.38. The number of halogens is 3. The predicted molar refractivity (Wildman–Crippen MR) is 70.3 cm³/mol. The van der Waals surface area contributed by atoms with E-state index in [0.29, 0.717) is 18.0 Å². The average Bonchev–Trinajstić information content (AvgIpc) is 2.47. The molecule has 0 saturated heterocycles. The van der Waals surface area contributed by atoms with Crippen molar-refractivity contribution in [3.63, 3.8) is 0 Å². The number of carbonyl (C=O) groups excluding carboxylic acids is 1. The molecule has 0 radical (unpaired) electrons. The molecule has 0 saturated carbocycles. The fraction of sp³-hybridized carbons (Fsp3) is 0.154. The van der Waals surface area contributed by atoms with E-state index >= 15 is 0 Å². The van der Waals surface area contributed by atoms with Gasteiger partial charge in [-0.25, -0.2) is 0 Å². The van der Waals surface area contributed by atoms with Crippen molar-refractivity contribution >= 4 is 11.5 Å². The highest BCUT2D eigenvalue weighted by Gasteiger charge is 2.32. The van der Waals surface area contributed by atoms with Gasteiger partial charge in [-0.15, -0.1) is 0 Å². The van der Waals surface area contributed by atoms with E-state index in [2.05, 4.69) is 20.0 Å². The first-order valence-corrected chi connectivity index (χ1v) is 5.97. The molecule has 0 aromatic carbocycles. The summed E-state index contributed by atoms with van der Waals surface area (Å²) in [5, 5.41) is 3.12. The summed E-state index contributed by atoms with van der Waals surface area (Å²) < 4.78 is 37.9. The largest absolute Gasteiger partial charge is 0.417 e. The van der Waals surface area contributed by atoms with Crippen LogP contribution in [0.15, 0.2) is 41.8 Å². The van der Waals surface area contributed by atoms with Crippen LogP contribution < -0.4 is 0 Å². The summed E-state index contributed by atoms with van der Waals surface area (Å²) in [6, 6.07) is 5.52. The topological polar surface area (TPSA) is 91.6 Å². The number of aromatic nitrogens is 2. The molecule has 22 heavy (non-hydrogen) atoms. The molecule has 2 aromatic rings. The smallest absolute Gasteiger partial charge is 0.292 e. The highest BCUT2D eigenvalue weighted by atomic mass is 19.4. The lowest BCUT2D eigenvalue weighted by Crippen LogP contribution is -2.11. The van der Waals surface area contributed by atoms with Gasteiger partial charge in [-0.3, -0.25) is 14.8 Å². The van der Waals surface area contributed by atoms with Crippen LogP contribution in [0.2, 0.25) is 0 Å². The SMILES string of the molecule is [N-]=[N+]=Nc1cc(C(F)(F)F)cnc1C(=O)Cc1ccccn1. The quantitative estimate of drug-likeness (QED) is 0.371. The molecule has 6 nitrogen and oxygen atoms in total. The van der Waals surface area contributed by atoms with Crippen molar-refractivity contribution in [3.8, 4) is 0 Å². The molecule has 0 spiro atoms. The van der Waals surface area contributed by atoms with Gasteiger partial charge in [0.25, 0.3) is 0 Å². The minimum Gasteiger partial charge on any atom is -0.292 e. The van der Waals surface area contributed by atoms with Gasteiger partial charge in [-0.05, 0) is 23.7 Å². The van der Waals surface area contributed by atoms with E-state index in [1.54, 1.807) is 18.2 Å². The zero-order valence-electron chi connectivity index (χ0n) is 10.9. The number of ketones is 1. The number of alkyl halides is 3. The third-order valence-corrected chi connectivity index (χ3v) is 2.68. The molecule has 0 unspecified atom stereocenters. The maximum atomic E-state index is 12.6. The van der Waals surface area contributed by atoms with E-state index in [0.717, 1.165) is 0 Å². The van der Waals surface area contributed by atoms with E-state index in [1.807, 2.05) is 0 Å². The van der Waals surface area contributed by atoms with Gasteiger partial charge < -0.3 is 0 Å². The molecule has 0 N–H and O–H groups in total. The number of Topliss-reactive ketones (excluding diaryl/α,β-unsaturated/α-hetero) is 1. The molecule has 2 aromatic heterocycles. The van der Waals surface area contributed by atoms with Crippen molar-refractivity contribution in [1.29, 1.82) is 0 Å². The maximum absolute atomic E-state index is 12.6. The monoisotopic (exact) mass is 307 g/mol. The highest BCUT2D eigenvalue weighted by Crippen LogP contribution is 2.32. The lowest BCUT2D eigenvalue weighted by Gasteiger charge is -2.09. The number of pyridine rings is 2.